The number of benzene rings is 3. The lowest BCUT2D eigenvalue weighted by Gasteiger charge is -2.10. The second-order valence-electron chi connectivity index (χ2n) is 7.69. The number of halogens is 2. The Morgan fingerprint density at radius 2 is 1.61 bits per heavy atom. The molecule has 36 heavy (non-hydrogen) atoms. The second-order valence-corrected chi connectivity index (χ2v) is 10.6. The number of carbonyl (C=O) groups is 1. The first kappa shape index (κ1) is 24.5. The van der Waals surface area contributed by atoms with Crippen LogP contribution in [0.3, 0.4) is 0 Å². The Kier molecular flexibility index (Phi) is 7.67. The van der Waals surface area contributed by atoms with Gasteiger partial charge in [-0.2, -0.15) is 0 Å². The number of thiazole rings is 1. The lowest BCUT2D eigenvalue weighted by Crippen LogP contribution is -2.14. The fourth-order valence-electron chi connectivity index (χ4n) is 3.56. The van der Waals surface area contributed by atoms with E-state index >= 15 is 0 Å². The molecule has 10 heteroatoms. The van der Waals surface area contributed by atoms with Crippen LogP contribution in [0.15, 0.2) is 90.2 Å². The van der Waals surface area contributed by atoms with Crippen molar-refractivity contribution in [1.82, 2.24) is 19.7 Å². The number of anilines is 1. The van der Waals surface area contributed by atoms with Gasteiger partial charge < -0.3 is 5.32 Å². The molecule has 0 saturated carbocycles. The zero-order chi connectivity index (χ0) is 24.9. The van der Waals surface area contributed by atoms with Crippen molar-refractivity contribution in [2.24, 2.45) is 0 Å². The van der Waals surface area contributed by atoms with E-state index < -0.39 is 0 Å². The summed E-state index contributed by atoms with van der Waals surface area (Å²) in [6.45, 7) is 0. The van der Waals surface area contributed by atoms with Crippen LogP contribution in [0, 0.1) is 0 Å². The molecule has 0 bridgehead atoms. The summed E-state index contributed by atoms with van der Waals surface area (Å²) in [5.41, 5.74) is 2.71. The summed E-state index contributed by atoms with van der Waals surface area (Å²) < 4.78 is 1.96. The Morgan fingerprint density at radius 1 is 0.917 bits per heavy atom. The van der Waals surface area contributed by atoms with Gasteiger partial charge >= 0.3 is 0 Å². The average molecular weight is 553 g/mol. The summed E-state index contributed by atoms with van der Waals surface area (Å²) in [4.78, 5) is 18.0. The van der Waals surface area contributed by atoms with Crippen LogP contribution in [0.4, 0.5) is 5.13 Å². The molecule has 0 saturated heterocycles. The zero-order valence-electron chi connectivity index (χ0n) is 18.8. The van der Waals surface area contributed by atoms with E-state index in [1.807, 2.05) is 71.3 Å². The van der Waals surface area contributed by atoms with Crippen LogP contribution in [0.2, 0.25) is 10.0 Å². The van der Waals surface area contributed by atoms with Gasteiger partial charge in [0.25, 0.3) is 0 Å². The number of carbonyl (C=O) groups excluding carboxylic acids is 1. The van der Waals surface area contributed by atoms with Crippen LogP contribution in [0.25, 0.3) is 17.1 Å². The van der Waals surface area contributed by atoms with Gasteiger partial charge in [-0.3, -0.25) is 9.36 Å². The number of hydrogen-bond acceptors (Lipinski definition) is 6. The second kappa shape index (κ2) is 11.3. The van der Waals surface area contributed by atoms with E-state index in [4.69, 9.17) is 23.2 Å². The normalized spacial score (nSPS) is 10.9. The molecule has 180 valence electrons. The lowest BCUT2D eigenvalue weighted by molar-refractivity contribution is -0.113. The molecule has 2 heterocycles. The van der Waals surface area contributed by atoms with Gasteiger partial charge in [-0.25, -0.2) is 4.98 Å². The van der Waals surface area contributed by atoms with Crippen LogP contribution in [-0.2, 0) is 11.2 Å². The van der Waals surface area contributed by atoms with E-state index in [1.54, 1.807) is 18.3 Å². The Labute approximate surface area is 226 Å². The molecule has 5 aromatic rings. The van der Waals surface area contributed by atoms with Crippen molar-refractivity contribution in [2.45, 2.75) is 11.6 Å². The third-order valence-corrected chi connectivity index (χ3v) is 7.77. The number of nitrogens with zero attached hydrogens (tertiary/aromatic N) is 4. The average Bonchev–Trinajstić information content (AvgIpc) is 3.53. The standard InChI is InChI=1S/C26H19Cl2N5OS2/c27-21-12-7-13-22(28)20(21)14-19-15-29-25(36-19)30-23(34)16-35-26-32-31-24(17-8-3-1-4-9-17)33(26)18-10-5-2-6-11-18/h1-13,15H,14,16H2,(H,29,30,34). The van der Waals surface area contributed by atoms with E-state index in [0.717, 1.165) is 21.7 Å². The molecule has 2 aromatic heterocycles. The summed E-state index contributed by atoms with van der Waals surface area (Å²) in [6.07, 6.45) is 2.27. The number of hydrogen-bond donors (Lipinski definition) is 1. The van der Waals surface area contributed by atoms with E-state index in [1.165, 1.54) is 23.1 Å². The van der Waals surface area contributed by atoms with Crippen molar-refractivity contribution in [3.05, 3.63) is 106 Å². The van der Waals surface area contributed by atoms with Crippen molar-refractivity contribution >= 4 is 57.3 Å². The highest BCUT2D eigenvalue weighted by Gasteiger charge is 2.18. The third-order valence-electron chi connectivity index (χ3n) is 5.22. The Bertz CT molecular complexity index is 1470. The van der Waals surface area contributed by atoms with Gasteiger partial charge in [-0.05, 0) is 29.8 Å². The quantitative estimate of drug-likeness (QED) is 0.210. The molecule has 0 unspecified atom stereocenters. The molecule has 5 rings (SSSR count). The van der Waals surface area contributed by atoms with Gasteiger partial charge in [0, 0.05) is 38.8 Å². The topological polar surface area (TPSA) is 72.7 Å². The summed E-state index contributed by atoms with van der Waals surface area (Å²) in [5, 5.41) is 14.0. The van der Waals surface area contributed by atoms with Crippen LogP contribution < -0.4 is 5.32 Å². The van der Waals surface area contributed by atoms with Crippen molar-refractivity contribution in [3.8, 4) is 17.1 Å². The fraction of sp³-hybridized carbons (Fsp3) is 0.0769. The molecule has 0 spiro atoms. The maximum absolute atomic E-state index is 12.7. The minimum atomic E-state index is -0.180. The molecule has 6 nitrogen and oxygen atoms in total. The predicted octanol–water partition coefficient (Wildman–Crippen LogP) is 7.02. The number of para-hydroxylation sites is 1. The van der Waals surface area contributed by atoms with Gasteiger partial charge in [0.15, 0.2) is 16.1 Å². The lowest BCUT2D eigenvalue weighted by atomic mass is 10.1. The van der Waals surface area contributed by atoms with E-state index in [2.05, 4.69) is 20.5 Å². The largest absolute Gasteiger partial charge is 0.301 e. The molecule has 0 radical (unpaired) electrons. The van der Waals surface area contributed by atoms with Crippen LogP contribution in [0.1, 0.15) is 10.4 Å². The monoisotopic (exact) mass is 551 g/mol. The Balaban J connectivity index is 1.28. The molecule has 0 aliphatic heterocycles. The number of aromatic nitrogens is 4. The molecule has 0 aliphatic carbocycles. The first-order chi connectivity index (χ1) is 17.6. The van der Waals surface area contributed by atoms with Crippen molar-refractivity contribution in [2.75, 3.05) is 11.1 Å². The summed E-state index contributed by atoms with van der Waals surface area (Å²) >= 11 is 15.3. The highest BCUT2D eigenvalue weighted by molar-refractivity contribution is 7.99. The van der Waals surface area contributed by atoms with Gasteiger partial charge in [0.1, 0.15) is 0 Å². The van der Waals surface area contributed by atoms with Gasteiger partial charge in [0.05, 0.1) is 5.75 Å². The molecule has 0 fully saturated rings. The maximum Gasteiger partial charge on any atom is 0.236 e. The molecular weight excluding hydrogens is 533 g/mol. The predicted molar refractivity (Wildman–Crippen MR) is 148 cm³/mol. The van der Waals surface area contributed by atoms with E-state index in [0.29, 0.717) is 32.6 Å². The van der Waals surface area contributed by atoms with E-state index in [9.17, 15) is 4.79 Å². The molecule has 3 aromatic carbocycles. The Morgan fingerprint density at radius 3 is 2.33 bits per heavy atom. The van der Waals surface area contributed by atoms with Crippen molar-refractivity contribution in [3.63, 3.8) is 0 Å². The van der Waals surface area contributed by atoms with Crippen LogP contribution >= 0.6 is 46.3 Å². The number of amides is 1. The summed E-state index contributed by atoms with van der Waals surface area (Å²) in [6, 6.07) is 25.1. The van der Waals surface area contributed by atoms with Crippen LogP contribution in [-0.4, -0.2) is 31.4 Å². The van der Waals surface area contributed by atoms with Crippen molar-refractivity contribution < 1.29 is 4.79 Å². The molecule has 1 N–H and O–H groups in total. The molecular formula is C26H19Cl2N5OS2. The van der Waals surface area contributed by atoms with Crippen LogP contribution in [0.5, 0.6) is 0 Å². The number of nitrogens with one attached hydrogen (secondary N) is 1. The molecule has 0 aliphatic rings. The SMILES string of the molecule is O=C(CSc1nnc(-c2ccccc2)n1-c1ccccc1)Nc1ncc(Cc2c(Cl)cccc2Cl)s1. The Hall–Kier alpha value is -3.17. The van der Waals surface area contributed by atoms with Crippen molar-refractivity contribution in [1.29, 1.82) is 0 Å². The minimum absolute atomic E-state index is 0.158. The first-order valence-corrected chi connectivity index (χ1v) is 13.5. The summed E-state index contributed by atoms with van der Waals surface area (Å²) in [5.74, 6) is 0.693. The zero-order valence-corrected chi connectivity index (χ0v) is 21.9. The highest BCUT2D eigenvalue weighted by atomic mass is 35.5. The number of thioether (sulfide) groups is 1. The first-order valence-electron chi connectivity index (χ1n) is 10.9. The molecule has 1 amide bonds. The summed E-state index contributed by atoms with van der Waals surface area (Å²) in [7, 11) is 0. The minimum Gasteiger partial charge on any atom is -0.301 e. The smallest absolute Gasteiger partial charge is 0.236 e. The maximum atomic E-state index is 12.7. The third kappa shape index (κ3) is 5.63. The fourth-order valence-corrected chi connectivity index (χ4v) is 5.68. The van der Waals surface area contributed by atoms with Gasteiger partial charge in [0.2, 0.25) is 5.91 Å². The highest BCUT2D eigenvalue weighted by Crippen LogP contribution is 2.31. The number of rotatable bonds is 8. The molecule has 0 atom stereocenters. The van der Waals surface area contributed by atoms with Gasteiger partial charge in [-0.15, -0.1) is 21.5 Å². The van der Waals surface area contributed by atoms with E-state index in [-0.39, 0.29) is 11.7 Å². The van der Waals surface area contributed by atoms with Gasteiger partial charge in [-0.1, -0.05) is 89.6 Å².